The Bertz CT molecular complexity index is 1100. The number of hydrogen-bond acceptors (Lipinski definition) is 8. The minimum atomic E-state index is -1.71. The first-order valence-corrected chi connectivity index (χ1v) is 9.86. The summed E-state index contributed by atoms with van der Waals surface area (Å²) < 4.78 is 5.18. The van der Waals surface area contributed by atoms with Crippen LogP contribution in [0.4, 0.5) is 10.5 Å². The number of Topliss-reactive ketones (excluding diaryl/α,β-unsaturated/α-hetero) is 1. The number of nitrogens with one attached hydrogen (secondary N) is 1. The summed E-state index contributed by atoms with van der Waals surface area (Å²) in [6, 6.07) is 11.9. The van der Waals surface area contributed by atoms with Crippen molar-refractivity contribution in [2.24, 2.45) is 5.73 Å². The second-order valence-corrected chi connectivity index (χ2v) is 8.05. The van der Waals surface area contributed by atoms with Gasteiger partial charge < -0.3 is 20.9 Å². The molecule has 4 N–H and O–H groups in total. The van der Waals surface area contributed by atoms with Gasteiger partial charge in [0.25, 0.3) is 5.69 Å². The minimum absolute atomic E-state index is 0.109. The zero-order valence-corrected chi connectivity index (χ0v) is 18.3. The highest BCUT2D eigenvalue weighted by Gasteiger charge is 2.34. The van der Waals surface area contributed by atoms with E-state index in [9.17, 15) is 30.1 Å². The van der Waals surface area contributed by atoms with Gasteiger partial charge in [0.1, 0.15) is 17.4 Å². The Hall–Kier alpha value is -4.23. The highest BCUT2D eigenvalue weighted by Crippen LogP contribution is 2.24. The van der Waals surface area contributed by atoms with Crippen molar-refractivity contribution in [1.82, 2.24) is 5.32 Å². The molecular weight excluding hydrogens is 428 g/mol. The van der Waals surface area contributed by atoms with E-state index in [0.717, 1.165) is 12.1 Å². The van der Waals surface area contributed by atoms with Crippen molar-refractivity contribution in [2.75, 3.05) is 0 Å². The van der Waals surface area contributed by atoms with Crippen LogP contribution in [0.5, 0.6) is 0 Å². The van der Waals surface area contributed by atoms with E-state index in [2.05, 4.69) is 5.32 Å². The first kappa shape index (κ1) is 25.0. The molecular formula is C23H24N4O6. The van der Waals surface area contributed by atoms with Gasteiger partial charge >= 0.3 is 6.09 Å². The minimum Gasteiger partial charge on any atom is -0.508 e. The number of benzene rings is 2. The SMILES string of the molecule is CC(C)(C)OC(=O)N[C@@H](C(=O)C(N)c1ccccc1)/C(O)=C(\C#N)c1ccc([N+](=O)[O-])cc1. The number of nitriles is 1. The molecule has 2 atom stereocenters. The molecule has 2 rings (SSSR count). The van der Waals surface area contributed by atoms with Gasteiger partial charge in [0, 0.05) is 12.1 Å². The molecule has 0 fully saturated rings. The Morgan fingerprint density at radius 1 is 1.15 bits per heavy atom. The largest absolute Gasteiger partial charge is 0.508 e. The lowest BCUT2D eigenvalue weighted by atomic mass is 9.94. The number of carbonyl (C=O) groups is 2. The fourth-order valence-corrected chi connectivity index (χ4v) is 2.87. The number of aliphatic hydroxyl groups excluding tert-OH is 1. The molecule has 1 unspecified atom stereocenters. The molecule has 0 aliphatic rings. The Morgan fingerprint density at radius 2 is 1.73 bits per heavy atom. The van der Waals surface area contributed by atoms with Crippen molar-refractivity contribution in [3.8, 4) is 6.07 Å². The number of nitrogens with zero attached hydrogens (tertiary/aromatic N) is 2. The third-order valence-corrected chi connectivity index (χ3v) is 4.42. The van der Waals surface area contributed by atoms with Crippen LogP contribution in [0.15, 0.2) is 60.4 Å². The van der Waals surface area contributed by atoms with E-state index in [1.807, 2.05) is 0 Å². The third kappa shape index (κ3) is 6.62. The molecule has 0 saturated heterocycles. The summed E-state index contributed by atoms with van der Waals surface area (Å²) in [5.41, 5.74) is 5.14. The van der Waals surface area contributed by atoms with Crippen molar-refractivity contribution in [3.05, 3.63) is 81.6 Å². The highest BCUT2D eigenvalue weighted by atomic mass is 16.6. The molecule has 0 bridgehead atoms. The molecule has 172 valence electrons. The van der Waals surface area contributed by atoms with Crippen molar-refractivity contribution < 1.29 is 24.4 Å². The van der Waals surface area contributed by atoms with Crippen LogP contribution in [-0.2, 0) is 9.53 Å². The van der Waals surface area contributed by atoms with E-state index < -0.39 is 40.2 Å². The number of nitro benzene ring substituents is 1. The van der Waals surface area contributed by atoms with Crippen LogP contribution < -0.4 is 11.1 Å². The van der Waals surface area contributed by atoms with Crippen LogP contribution in [-0.4, -0.2) is 33.5 Å². The predicted octanol–water partition coefficient (Wildman–Crippen LogP) is 3.55. The number of aliphatic hydroxyl groups is 1. The number of carbonyl (C=O) groups excluding carboxylic acids is 2. The average Bonchev–Trinajstić information content (AvgIpc) is 2.76. The van der Waals surface area contributed by atoms with Crippen molar-refractivity contribution in [1.29, 1.82) is 5.26 Å². The number of nitrogens with two attached hydrogens (primary N) is 1. The predicted molar refractivity (Wildman–Crippen MR) is 120 cm³/mol. The van der Waals surface area contributed by atoms with Gasteiger partial charge in [0.15, 0.2) is 11.8 Å². The first-order chi connectivity index (χ1) is 15.4. The second-order valence-electron chi connectivity index (χ2n) is 8.05. The fraction of sp³-hybridized carbons (Fsp3) is 0.261. The number of amides is 1. The van der Waals surface area contributed by atoms with Crippen LogP contribution in [0.2, 0.25) is 0 Å². The number of rotatable bonds is 7. The fourth-order valence-electron chi connectivity index (χ4n) is 2.87. The lowest BCUT2D eigenvalue weighted by Gasteiger charge is -2.25. The Kier molecular flexibility index (Phi) is 7.88. The van der Waals surface area contributed by atoms with Crippen molar-refractivity contribution >= 4 is 23.1 Å². The molecule has 2 aromatic rings. The molecule has 0 heterocycles. The number of allylic oxidation sites excluding steroid dienone is 1. The zero-order chi connectivity index (χ0) is 24.8. The molecule has 0 aliphatic heterocycles. The molecule has 0 radical (unpaired) electrons. The molecule has 0 saturated carbocycles. The van der Waals surface area contributed by atoms with Gasteiger partial charge in [-0.15, -0.1) is 0 Å². The molecule has 0 aliphatic carbocycles. The van der Waals surface area contributed by atoms with E-state index in [1.54, 1.807) is 57.2 Å². The summed E-state index contributed by atoms with van der Waals surface area (Å²) >= 11 is 0. The lowest BCUT2D eigenvalue weighted by molar-refractivity contribution is -0.384. The number of ketones is 1. The summed E-state index contributed by atoms with van der Waals surface area (Å²) in [7, 11) is 0. The molecule has 2 aromatic carbocycles. The monoisotopic (exact) mass is 452 g/mol. The number of alkyl carbamates (subject to hydrolysis) is 1. The Balaban J connectivity index is 2.51. The van der Waals surface area contributed by atoms with Crippen LogP contribution >= 0.6 is 0 Å². The van der Waals surface area contributed by atoms with Crippen molar-refractivity contribution in [2.45, 2.75) is 38.5 Å². The van der Waals surface area contributed by atoms with E-state index in [1.165, 1.54) is 12.1 Å². The third-order valence-electron chi connectivity index (χ3n) is 4.42. The lowest BCUT2D eigenvalue weighted by Crippen LogP contribution is -2.48. The summed E-state index contributed by atoms with van der Waals surface area (Å²) in [5, 5.41) is 33.7. The molecule has 1 amide bonds. The smallest absolute Gasteiger partial charge is 0.408 e. The maximum atomic E-state index is 13.2. The normalized spacial score (nSPS) is 13.7. The topological polar surface area (TPSA) is 169 Å². The highest BCUT2D eigenvalue weighted by molar-refractivity contribution is 5.97. The van der Waals surface area contributed by atoms with E-state index in [-0.39, 0.29) is 16.8 Å². The van der Waals surface area contributed by atoms with Crippen LogP contribution in [0.25, 0.3) is 5.57 Å². The van der Waals surface area contributed by atoms with Gasteiger partial charge in [-0.1, -0.05) is 30.3 Å². The van der Waals surface area contributed by atoms with E-state index >= 15 is 0 Å². The maximum absolute atomic E-state index is 13.2. The van der Waals surface area contributed by atoms with E-state index in [0.29, 0.717) is 5.56 Å². The second kappa shape index (κ2) is 10.4. The van der Waals surface area contributed by atoms with Gasteiger partial charge in [-0.3, -0.25) is 14.9 Å². The van der Waals surface area contributed by atoms with Gasteiger partial charge in [0.2, 0.25) is 0 Å². The van der Waals surface area contributed by atoms with E-state index in [4.69, 9.17) is 10.5 Å². The molecule has 10 nitrogen and oxygen atoms in total. The Labute approximate surface area is 190 Å². The van der Waals surface area contributed by atoms with Crippen molar-refractivity contribution in [3.63, 3.8) is 0 Å². The summed E-state index contributed by atoms with van der Waals surface area (Å²) in [5.74, 6) is -1.56. The quantitative estimate of drug-likeness (QED) is 0.248. The molecule has 33 heavy (non-hydrogen) atoms. The standard InChI is InChI=1S/C23H24N4O6/c1-23(2,3)33-22(30)26-19(21(29)18(25)15-7-5-4-6-8-15)20(28)17(13-24)14-9-11-16(12-10-14)27(31)32/h4-12,18-19,28H,25H2,1-3H3,(H,26,30)/b20-17-/t18?,19-/m1/s1. The Morgan fingerprint density at radius 3 is 2.21 bits per heavy atom. The van der Waals surface area contributed by atoms with Crippen LogP contribution in [0.1, 0.15) is 37.9 Å². The summed E-state index contributed by atoms with van der Waals surface area (Å²) in [6.07, 6.45) is -1.01. The number of nitro groups is 1. The van der Waals surface area contributed by atoms with Gasteiger partial charge in [-0.2, -0.15) is 5.26 Å². The molecule has 0 spiro atoms. The average molecular weight is 452 g/mol. The van der Waals surface area contributed by atoms with Gasteiger partial charge in [-0.05, 0) is 44.0 Å². The number of hydrogen-bond donors (Lipinski definition) is 3. The van der Waals surface area contributed by atoms with Gasteiger partial charge in [-0.25, -0.2) is 4.79 Å². The number of non-ortho nitro benzene ring substituents is 1. The summed E-state index contributed by atoms with van der Waals surface area (Å²) in [6.45, 7) is 4.85. The molecule has 0 aromatic heterocycles. The number of ether oxygens (including phenoxy) is 1. The zero-order valence-electron chi connectivity index (χ0n) is 18.3. The maximum Gasteiger partial charge on any atom is 0.408 e. The van der Waals surface area contributed by atoms with Crippen LogP contribution in [0, 0.1) is 21.4 Å². The van der Waals surface area contributed by atoms with Crippen LogP contribution in [0.3, 0.4) is 0 Å². The first-order valence-electron chi connectivity index (χ1n) is 9.86. The summed E-state index contributed by atoms with van der Waals surface area (Å²) in [4.78, 5) is 35.9. The molecule has 10 heteroatoms. The van der Waals surface area contributed by atoms with Gasteiger partial charge in [0.05, 0.1) is 16.5 Å².